The Hall–Kier alpha value is -3.08. The number of hydrogen-bond acceptors (Lipinski definition) is 4. The quantitative estimate of drug-likeness (QED) is 0.553. The van der Waals surface area contributed by atoms with Gasteiger partial charge in [-0.3, -0.25) is 4.79 Å². The summed E-state index contributed by atoms with van der Waals surface area (Å²) >= 11 is 0. The first-order valence-electron chi connectivity index (χ1n) is 10.0. The van der Waals surface area contributed by atoms with Gasteiger partial charge in [-0.15, -0.1) is 0 Å². The highest BCUT2D eigenvalue weighted by molar-refractivity contribution is 5.94. The number of nitrogens with zero attached hydrogens (tertiary/aromatic N) is 3. The number of amides is 1. The zero-order valence-electron chi connectivity index (χ0n) is 17.8. The Bertz CT molecular complexity index is 933. The maximum Gasteiger partial charge on any atom is 0.254 e. The third-order valence-electron chi connectivity index (χ3n) is 5.14. The molecule has 0 fully saturated rings. The Morgan fingerprint density at radius 2 is 1.52 bits per heavy atom. The highest BCUT2D eigenvalue weighted by Gasteiger charge is 2.27. The lowest BCUT2D eigenvalue weighted by Gasteiger charge is -2.28. The maximum absolute atomic E-state index is 13.2. The van der Waals surface area contributed by atoms with Gasteiger partial charge in [0.2, 0.25) is 5.88 Å². The van der Waals surface area contributed by atoms with Gasteiger partial charge in [-0.25, -0.2) is 0 Å². The van der Waals surface area contributed by atoms with E-state index in [4.69, 9.17) is 4.52 Å². The summed E-state index contributed by atoms with van der Waals surface area (Å²) in [4.78, 5) is 17.2. The molecule has 0 unspecified atom stereocenters. The Kier molecular flexibility index (Phi) is 6.37. The van der Waals surface area contributed by atoms with Crippen molar-refractivity contribution in [3.63, 3.8) is 0 Å². The van der Waals surface area contributed by atoms with E-state index in [2.05, 4.69) is 23.9 Å². The van der Waals surface area contributed by atoms with Crippen LogP contribution in [0.3, 0.4) is 0 Å². The average molecular weight is 392 g/mol. The lowest BCUT2D eigenvalue weighted by Crippen LogP contribution is -2.37. The molecule has 0 spiro atoms. The number of aromatic nitrogens is 1. The first kappa shape index (κ1) is 20.6. The number of rotatable bonds is 7. The van der Waals surface area contributed by atoms with Crippen molar-refractivity contribution in [2.45, 2.75) is 46.3 Å². The molecule has 0 saturated carbocycles. The van der Waals surface area contributed by atoms with Crippen molar-refractivity contribution in [1.82, 2.24) is 10.1 Å². The second-order valence-electron chi connectivity index (χ2n) is 7.78. The zero-order valence-corrected chi connectivity index (χ0v) is 17.8. The van der Waals surface area contributed by atoms with Gasteiger partial charge >= 0.3 is 0 Å². The molecule has 1 aromatic heterocycles. The molecule has 3 rings (SSSR count). The molecule has 0 N–H and O–H groups in total. The summed E-state index contributed by atoms with van der Waals surface area (Å²) in [5.41, 5.74) is 3.35. The molecule has 0 radical (unpaired) electrons. The van der Waals surface area contributed by atoms with E-state index in [0.717, 1.165) is 16.8 Å². The fourth-order valence-corrected chi connectivity index (χ4v) is 3.18. The summed E-state index contributed by atoms with van der Waals surface area (Å²) < 4.78 is 5.78. The van der Waals surface area contributed by atoms with E-state index in [-0.39, 0.29) is 18.0 Å². The molecular formula is C24H29N3O2. The van der Waals surface area contributed by atoms with Gasteiger partial charge in [-0.2, -0.15) is 0 Å². The first-order valence-corrected chi connectivity index (χ1v) is 10.0. The van der Waals surface area contributed by atoms with Crippen LogP contribution >= 0.6 is 0 Å². The predicted molar refractivity (Wildman–Crippen MR) is 117 cm³/mol. The van der Waals surface area contributed by atoms with Crippen molar-refractivity contribution in [3.8, 4) is 11.3 Å². The van der Waals surface area contributed by atoms with Crippen LogP contribution in [0.1, 0.15) is 43.6 Å². The minimum atomic E-state index is -0.000961. The van der Waals surface area contributed by atoms with Crippen molar-refractivity contribution in [2.24, 2.45) is 0 Å². The van der Waals surface area contributed by atoms with E-state index in [9.17, 15) is 4.79 Å². The summed E-state index contributed by atoms with van der Waals surface area (Å²) in [6.45, 7) is 8.68. The fraction of sp³-hybridized carbons (Fsp3) is 0.333. The molecular weight excluding hydrogens is 362 g/mol. The summed E-state index contributed by atoms with van der Waals surface area (Å²) in [5, 5.41) is 4.38. The van der Waals surface area contributed by atoms with Crippen LogP contribution in [0.25, 0.3) is 11.3 Å². The molecule has 0 aliphatic rings. The molecule has 152 valence electrons. The van der Waals surface area contributed by atoms with Crippen LogP contribution in [0.4, 0.5) is 5.88 Å². The van der Waals surface area contributed by atoms with E-state index in [1.807, 2.05) is 86.5 Å². The Balaban J connectivity index is 2.04. The molecule has 5 heteroatoms. The van der Waals surface area contributed by atoms with Crippen LogP contribution < -0.4 is 4.90 Å². The minimum Gasteiger partial charge on any atom is -0.341 e. The normalized spacial score (nSPS) is 11.1. The van der Waals surface area contributed by atoms with Gasteiger partial charge in [-0.1, -0.05) is 53.7 Å². The smallest absolute Gasteiger partial charge is 0.254 e. The number of carbonyl (C=O) groups is 1. The molecule has 0 aliphatic carbocycles. The molecule has 0 atom stereocenters. The van der Waals surface area contributed by atoms with Gasteiger partial charge in [0.05, 0.1) is 12.1 Å². The number of benzene rings is 2. The van der Waals surface area contributed by atoms with E-state index in [0.29, 0.717) is 18.0 Å². The Morgan fingerprint density at radius 1 is 0.931 bits per heavy atom. The monoisotopic (exact) mass is 391 g/mol. The van der Waals surface area contributed by atoms with E-state index in [1.54, 1.807) is 0 Å². The Labute approximate surface area is 172 Å². The molecule has 0 saturated heterocycles. The van der Waals surface area contributed by atoms with Crippen LogP contribution in [0.15, 0.2) is 65.2 Å². The molecule has 29 heavy (non-hydrogen) atoms. The van der Waals surface area contributed by atoms with Gasteiger partial charge in [0, 0.05) is 30.3 Å². The first-order chi connectivity index (χ1) is 13.9. The minimum absolute atomic E-state index is 0.000961. The third-order valence-corrected chi connectivity index (χ3v) is 5.14. The predicted octanol–water partition coefficient (Wildman–Crippen LogP) is 5.24. The van der Waals surface area contributed by atoms with Crippen molar-refractivity contribution in [1.29, 1.82) is 0 Å². The summed E-state index contributed by atoms with van der Waals surface area (Å²) in [7, 11) is 1.99. The summed E-state index contributed by atoms with van der Waals surface area (Å²) in [6, 6.07) is 19.6. The van der Waals surface area contributed by atoms with E-state index >= 15 is 0 Å². The van der Waals surface area contributed by atoms with Crippen LogP contribution in [0.2, 0.25) is 0 Å². The van der Waals surface area contributed by atoms with Gasteiger partial charge in [0.15, 0.2) is 0 Å². The van der Waals surface area contributed by atoms with Crippen molar-refractivity contribution in [3.05, 3.63) is 71.8 Å². The fourth-order valence-electron chi connectivity index (χ4n) is 3.18. The van der Waals surface area contributed by atoms with Gasteiger partial charge in [0.1, 0.15) is 5.69 Å². The van der Waals surface area contributed by atoms with E-state index in [1.165, 1.54) is 0 Å². The second kappa shape index (κ2) is 8.95. The third kappa shape index (κ3) is 4.50. The highest BCUT2D eigenvalue weighted by atomic mass is 16.5. The largest absolute Gasteiger partial charge is 0.341 e. The number of anilines is 1. The molecule has 0 aliphatic heterocycles. The molecule has 1 heterocycles. The second-order valence-corrected chi connectivity index (χ2v) is 7.78. The lowest BCUT2D eigenvalue weighted by molar-refractivity contribution is 0.0690. The van der Waals surface area contributed by atoms with Crippen LogP contribution in [-0.4, -0.2) is 35.1 Å². The summed E-state index contributed by atoms with van der Waals surface area (Å²) in [5.74, 6) is 0.698. The van der Waals surface area contributed by atoms with E-state index < -0.39 is 0 Å². The molecule has 1 amide bonds. The topological polar surface area (TPSA) is 49.6 Å². The van der Waals surface area contributed by atoms with Crippen molar-refractivity contribution < 1.29 is 9.32 Å². The molecule has 2 aromatic carbocycles. The van der Waals surface area contributed by atoms with Crippen molar-refractivity contribution >= 4 is 11.8 Å². The van der Waals surface area contributed by atoms with Gasteiger partial charge in [-0.05, 0) is 39.8 Å². The Morgan fingerprint density at radius 3 is 2.07 bits per heavy atom. The van der Waals surface area contributed by atoms with Crippen LogP contribution in [0, 0.1) is 0 Å². The molecule has 5 nitrogen and oxygen atoms in total. The van der Waals surface area contributed by atoms with Crippen LogP contribution in [0.5, 0.6) is 0 Å². The number of hydrogen-bond donors (Lipinski definition) is 0. The average Bonchev–Trinajstić information content (AvgIpc) is 3.15. The van der Waals surface area contributed by atoms with Crippen molar-refractivity contribution in [2.75, 3.05) is 11.9 Å². The van der Waals surface area contributed by atoms with Crippen LogP contribution in [-0.2, 0) is 6.54 Å². The zero-order chi connectivity index (χ0) is 21.0. The number of carbonyl (C=O) groups excluding carboxylic acids is 1. The molecule has 3 aromatic rings. The van der Waals surface area contributed by atoms with Gasteiger partial charge < -0.3 is 14.3 Å². The standard InChI is InChI=1S/C24H29N3O2/c1-17(2)26(5)24-21(22(25-29-24)19-12-8-6-9-13-19)16-27(18(3)4)23(28)20-14-10-7-11-15-20/h6-15,17-18H,16H2,1-5H3. The lowest BCUT2D eigenvalue weighted by atomic mass is 10.1. The molecule has 0 bridgehead atoms. The highest BCUT2D eigenvalue weighted by Crippen LogP contribution is 2.33. The SMILES string of the molecule is CC(C)N(Cc1c(-c2ccccc2)noc1N(C)C(C)C)C(=O)c1ccccc1. The summed E-state index contributed by atoms with van der Waals surface area (Å²) in [6.07, 6.45) is 0. The maximum atomic E-state index is 13.2. The van der Waals surface area contributed by atoms with Gasteiger partial charge in [0.25, 0.3) is 5.91 Å².